The van der Waals surface area contributed by atoms with Crippen LogP contribution in [0.25, 0.3) is 0 Å². The molecule has 0 bridgehead atoms. The first kappa shape index (κ1) is 18.8. The standard InChI is InChI=1S/2C5H11NO.2ClH/c2*6-4-2-1-3-5(4)7;;/h2*4-5,7H,1-3,6H2;2*1H/t2*4-,5-;;/m10../s1. The molecule has 2 rings (SSSR count). The Kier molecular flexibility index (Phi) is 11.1. The second-order valence-corrected chi connectivity index (χ2v) is 4.32. The van der Waals surface area contributed by atoms with Crippen LogP contribution < -0.4 is 11.5 Å². The van der Waals surface area contributed by atoms with Crippen molar-refractivity contribution in [3.05, 3.63) is 0 Å². The highest BCUT2D eigenvalue weighted by Gasteiger charge is 2.20. The largest absolute Gasteiger partial charge is 0.392 e. The Morgan fingerprint density at radius 2 is 1.00 bits per heavy atom. The first-order chi connectivity index (χ1) is 6.61. The molecule has 16 heavy (non-hydrogen) atoms. The van der Waals surface area contributed by atoms with E-state index < -0.39 is 0 Å². The summed E-state index contributed by atoms with van der Waals surface area (Å²) >= 11 is 0. The summed E-state index contributed by atoms with van der Waals surface area (Å²) in [6, 6.07) is 0.139. The van der Waals surface area contributed by atoms with Crippen molar-refractivity contribution in [1.82, 2.24) is 0 Å². The van der Waals surface area contributed by atoms with Crippen molar-refractivity contribution >= 4 is 24.8 Å². The van der Waals surface area contributed by atoms with Crippen LogP contribution in [0, 0.1) is 0 Å². The van der Waals surface area contributed by atoms with Gasteiger partial charge >= 0.3 is 0 Å². The molecule has 100 valence electrons. The highest BCUT2D eigenvalue weighted by atomic mass is 35.5. The maximum absolute atomic E-state index is 8.87. The molecule has 2 saturated carbocycles. The van der Waals surface area contributed by atoms with Gasteiger partial charge in [-0.05, 0) is 38.5 Å². The topological polar surface area (TPSA) is 92.5 Å². The van der Waals surface area contributed by atoms with Crippen LogP contribution in [-0.4, -0.2) is 34.5 Å². The van der Waals surface area contributed by atoms with E-state index in [1.807, 2.05) is 0 Å². The van der Waals surface area contributed by atoms with Gasteiger partial charge in [0.15, 0.2) is 0 Å². The molecule has 0 saturated heterocycles. The molecule has 0 heterocycles. The summed E-state index contributed by atoms with van der Waals surface area (Å²) in [5.41, 5.74) is 10.9. The highest BCUT2D eigenvalue weighted by Crippen LogP contribution is 2.16. The average Bonchev–Trinajstić information content (AvgIpc) is 2.67. The fourth-order valence-corrected chi connectivity index (χ4v) is 1.94. The van der Waals surface area contributed by atoms with Crippen molar-refractivity contribution < 1.29 is 10.2 Å². The molecule has 0 aromatic heterocycles. The van der Waals surface area contributed by atoms with E-state index in [2.05, 4.69) is 0 Å². The molecule has 0 unspecified atom stereocenters. The van der Waals surface area contributed by atoms with Gasteiger partial charge in [-0.1, -0.05) is 0 Å². The van der Waals surface area contributed by atoms with Crippen LogP contribution in [-0.2, 0) is 0 Å². The third-order valence-electron chi connectivity index (χ3n) is 3.06. The van der Waals surface area contributed by atoms with E-state index in [0.29, 0.717) is 0 Å². The third-order valence-corrected chi connectivity index (χ3v) is 3.06. The van der Waals surface area contributed by atoms with Crippen LogP contribution in [0.4, 0.5) is 0 Å². The van der Waals surface area contributed by atoms with Gasteiger partial charge in [0.05, 0.1) is 12.2 Å². The van der Waals surface area contributed by atoms with Crippen LogP contribution in [0.3, 0.4) is 0 Å². The van der Waals surface area contributed by atoms with Gasteiger partial charge in [-0.15, -0.1) is 24.8 Å². The Morgan fingerprint density at radius 3 is 1.06 bits per heavy atom. The number of hydrogen-bond donors (Lipinski definition) is 4. The molecule has 4 atom stereocenters. The molecule has 0 spiro atoms. The van der Waals surface area contributed by atoms with Gasteiger partial charge in [0.25, 0.3) is 0 Å². The summed E-state index contributed by atoms with van der Waals surface area (Å²) in [7, 11) is 0. The molecular weight excluding hydrogens is 251 g/mol. The minimum Gasteiger partial charge on any atom is -0.392 e. The number of rotatable bonds is 0. The summed E-state index contributed by atoms with van der Waals surface area (Å²) < 4.78 is 0. The molecule has 0 aromatic carbocycles. The second kappa shape index (κ2) is 9.45. The minimum atomic E-state index is -0.208. The SMILES string of the molecule is Cl.Cl.N[C@@H]1CCC[C@H]1O.N[C@H]1CCC[C@@H]1O. The van der Waals surface area contributed by atoms with Gasteiger partial charge in [0.1, 0.15) is 0 Å². The van der Waals surface area contributed by atoms with Crippen molar-refractivity contribution in [2.24, 2.45) is 11.5 Å². The lowest BCUT2D eigenvalue weighted by Gasteiger charge is -2.04. The first-order valence-electron chi connectivity index (χ1n) is 5.48. The highest BCUT2D eigenvalue weighted by molar-refractivity contribution is 5.85. The van der Waals surface area contributed by atoms with E-state index in [1.54, 1.807) is 0 Å². The molecule has 6 heteroatoms. The number of hydrogen-bond acceptors (Lipinski definition) is 4. The predicted octanol–water partition coefficient (Wildman–Crippen LogP) is 0.561. The zero-order valence-electron chi connectivity index (χ0n) is 9.42. The Balaban J connectivity index is 0. The number of nitrogens with two attached hydrogens (primary N) is 2. The van der Waals surface area contributed by atoms with E-state index in [1.165, 1.54) is 0 Å². The number of aliphatic hydroxyl groups excluding tert-OH is 2. The van der Waals surface area contributed by atoms with Gasteiger partial charge < -0.3 is 21.7 Å². The second-order valence-electron chi connectivity index (χ2n) is 4.32. The van der Waals surface area contributed by atoms with Crippen molar-refractivity contribution in [2.45, 2.75) is 62.8 Å². The lowest BCUT2D eigenvalue weighted by Crippen LogP contribution is -2.28. The summed E-state index contributed by atoms with van der Waals surface area (Å²) in [6.07, 6.45) is 5.59. The fourth-order valence-electron chi connectivity index (χ4n) is 1.94. The molecule has 2 aliphatic rings. The first-order valence-corrected chi connectivity index (χ1v) is 5.48. The lowest BCUT2D eigenvalue weighted by atomic mass is 10.2. The van der Waals surface area contributed by atoms with Gasteiger partial charge in [-0.25, -0.2) is 0 Å². The molecule has 0 amide bonds. The zero-order valence-corrected chi connectivity index (χ0v) is 11.1. The van der Waals surface area contributed by atoms with E-state index >= 15 is 0 Å². The van der Waals surface area contributed by atoms with Crippen LogP contribution in [0.5, 0.6) is 0 Å². The molecule has 0 aliphatic heterocycles. The average molecular weight is 275 g/mol. The van der Waals surface area contributed by atoms with Crippen molar-refractivity contribution in [3.63, 3.8) is 0 Å². The molecule has 2 aliphatic carbocycles. The van der Waals surface area contributed by atoms with E-state index in [0.717, 1.165) is 38.5 Å². The third kappa shape index (κ3) is 6.23. The number of aliphatic hydroxyl groups is 2. The molecule has 2 fully saturated rings. The summed E-state index contributed by atoms with van der Waals surface area (Å²) in [5.74, 6) is 0. The van der Waals surface area contributed by atoms with E-state index in [9.17, 15) is 0 Å². The predicted molar refractivity (Wildman–Crippen MR) is 70.2 cm³/mol. The normalized spacial score (nSPS) is 36.8. The van der Waals surface area contributed by atoms with Crippen molar-refractivity contribution in [3.8, 4) is 0 Å². The van der Waals surface area contributed by atoms with Crippen LogP contribution >= 0.6 is 24.8 Å². The molecular formula is C10H24Cl2N2O2. The van der Waals surface area contributed by atoms with Crippen LogP contribution in [0.15, 0.2) is 0 Å². The van der Waals surface area contributed by atoms with Gasteiger partial charge in [-0.2, -0.15) is 0 Å². The lowest BCUT2D eigenvalue weighted by molar-refractivity contribution is 0.165. The molecule has 4 nitrogen and oxygen atoms in total. The summed E-state index contributed by atoms with van der Waals surface area (Å²) in [5, 5.41) is 17.7. The monoisotopic (exact) mass is 274 g/mol. The van der Waals surface area contributed by atoms with Gasteiger partial charge in [0, 0.05) is 12.1 Å². The summed E-state index contributed by atoms with van der Waals surface area (Å²) in [6.45, 7) is 0. The van der Waals surface area contributed by atoms with Gasteiger partial charge in [0.2, 0.25) is 0 Å². The van der Waals surface area contributed by atoms with Crippen molar-refractivity contribution in [2.75, 3.05) is 0 Å². The van der Waals surface area contributed by atoms with E-state index in [4.69, 9.17) is 21.7 Å². The molecule has 6 N–H and O–H groups in total. The Morgan fingerprint density at radius 1 is 0.688 bits per heavy atom. The Labute approximate surface area is 110 Å². The number of halogens is 2. The molecule has 0 radical (unpaired) electrons. The van der Waals surface area contributed by atoms with Crippen LogP contribution in [0.1, 0.15) is 38.5 Å². The Hall–Kier alpha value is 0.420. The zero-order chi connectivity index (χ0) is 10.6. The fraction of sp³-hybridized carbons (Fsp3) is 1.00. The molecule has 0 aromatic rings. The van der Waals surface area contributed by atoms with Gasteiger partial charge in [-0.3, -0.25) is 0 Å². The van der Waals surface area contributed by atoms with Crippen LogP contribution in [0.2, 0.25) is 0 Å². The minimum absolute atomic E-state index is 0. The Bertz CT molecular complexity index is 141. The smallest absolute Gasteiger partial charge is 0.0691 e. The maximum Gasteiger partial charge on any atom is 0.0691 e. The summed E-state index contributed by atoms with van der Waals surface area (Å²) in [4.78, 5) is 0. The quantitative estimate of drug-likeness (QED) is 0.520. The van der Waals surface area contributed by atoms with E-state index in [-0.39, 0.29) is 49.1 Å². The maximum atomic E-state index is 8.87. The van der Waals surface area contributed by atoms with Crippen molar-refractivity contribution in [1.29, 1.82) is 0 Å².